The van der Waals surface area contributed by atoms with E-state index in [1.54, 1.807) is 12.8 Å². The van der Waals surface area contributed by atoms with Gasteiger partial charge in [-0.1, -0.05) is 54.7 Å². The van der Waals surface area contributed by atoms with E-state index in [0.29, 0.717) is 0 Å². The summed E-state index contributed by atoms with van der Waals surface area (Å²) in [6.07, 6.45) is 10.7. The molecule has 0 spiro atoms. The van der Waals surface area contributed by atoms with Gasteiger partial charge in [0.15, 0.2) is 0 Å². The molecule has 0 aliphatic heterocycles. The van der Waals surface area contributed by atoms with Crippen LogP contribution in [0.5, 0.6) is 0 Å². The molecular formula is C10H17I. The van der Waals surface area contributed by atoms with Gasteiger partial charge < -0.3 is 0 Å². The molecule has 2 fully saturated rings. The predicted octanol–water partition coefficient (Wildman–Crippen LogP) is 3.78. The van der Waals surface area contributed by atoms with Gasteiger partial charge >= 0.3 is 0 Å². The van der Waals surface area contributed by atoms with Crippen molar-refractivity contribution >= 4 is 22.6 Å². The lowest BCUT2D eigenvalue weighted by Crippen LogP contribution is -2.15. The van der Waals surface area contributed by atoms with Crippen molar-refractivity contribution in [1.82, 2.24) is 0 Å². The molecule has 0 aromatic heterocycles. The summed E-state index contributed by atoms with van der Waals surface area (Å²) in [5.74, 6) is 2.23. The summed E-state index contributed by atoms with van der Waals surface area (Å²) in [5.41, 5.74) is 0. The molecule has 0 amide bonds. The highest BCUT2D eigenvalue weighted by molar-refractivity contribution is 14.1. The second-order valence-electron chi connectivity index (χ2n) is 4.16. The minimum absolute atomic E-state index is 1.02. The van der Waals surface area contributed by atoms with Crippen molar-refractivity contribution in [1.29, 1.82) is 0 Å². The van der Waals surface area contributed by atoms with Crippen molar-refractivity contribution in [2.24, 2.45) is 11.8 Å². The quantitative estimate of drug-likeness (QED) is 0.499. The molecule has 0 N–H and O–H groups in total. The van der Waals surface area contributed by atoms with Crippen molar-refractivity contribution in [3.8, 4) is 0 Å². The number of hydrogen-bond acceptors (Lipinski definition) is 0. The average Bonchev–Trinajstić information content (AvgIpc) is 2.55. The van der Waals surface area contributed by atoms with E-state index in [4.69, 9.17) is 0 Å². The Hall–Kier alpha value is 0.730. The molecule has 2 saturated carbocycles. The topological polar surface area (TPSA) is 0 Å². The molecule has 2 atom stereocenters. The molecule has 2 rings (SSSR count). The van der Waals surface area contributed by atoms with Crippen molar-refractivity contribution in [3.63, 3.8) is 0 Å². The van der Waals surface area contributed by atoms with Crippen LogP contribution in [0.3, 0.4) is 0 Å². The van der Waals surface area contributed by atoms with Gasteiger partial charge in [0.2, 0.25) is 0 Å². The average molecular weight is 264 g/mol. The van der Waals surface area contributed by atoms with Gasteiger partial charge in [-0.25, -0.2) is 0 Å². The molecule has 0 saturated heterocycles. The lowest BCUT2D eigenvalue weighted by Gasteiger charge is -2.20. The fraction of sp³-hybridized carbons (Fsp3) is 1.00. The first-order valence-electron chi connectivity index (χ1n) is 5.02. The van der Waals surface area contributed by atoms with Crippen LogP contribution >= 0.6 is 22.6 Å². The number of halogens is 1. The van der Waals surface area contributed by atoms with Crippen LogP contribution in [0.4, 0.5) is 0 Å². The van der Waals surface area contributed by atoms with Crippen LogP contribution in [-0.2, 0) is 0 Å². The first kappa shape index (κ1) is 8.33. The molecule has 0 radical (unpaired) electrons. The van der Waals surface area contributed by atoms with Crippen molar-refractivity contribution in [3.05, 3.63) is 0 Å². The van der Waals surface area contributed by atoms with Crippen LogP contribution < -0.4 is 0 Å². The van der Waals surface area contributed by atoms with Gasteiger partial charge in [0.25, 0.3) is 0 Å². The summed E-state index contributed by atoms with van der Waals surface area (Å²) in [4.78, 5) is 0. The maximum atomic E-state index is 2.68. The predicted molar refractivity (Wildman–Crippen MR) is 57.1 cm³/mol. The second kappa shape index (κ2) is 3.63. The molecule has 2 aliphatic rings. The Morgan fingerprint density at radius 2 is 1.55 bits per heavy atom. The minimum atomic E-state index is 1.02. The van der Waals surface area contributed by atoms with Gasteiger partial charge in [0.05, 0.1) is 0 Å². The first-order chi connectivity index (χ1) is 5.38. The van der Waals surface area contributed by atoms with Crippen molar-refractivity contribution in [2.45, 2.75) is 48.9 Å². The summed E-state index contributed by atoms with van der Waals surface area (Å²) < 4.78 is 1.02. The van der Waals surface area contributed by atoms with Crippen LogP contribution in [0.25, 0.3) is 0 Å². The number of alkyl halides is 1. The maximum absolute atomic E-state index is 2.68. The van der Waals surface area contributed by atoms with Gasteiger partial charge in [-0.05, 0) is 24.7 Å². The monoisotopic (exact) mass is 264 g/mol. The van der Waals surface area contributed by atoms with E-state index in [2.05, 4.69) is 22.6 Å². The molecule has 2 aliphatic carbocycles. The van der Waals surface area contributed by atoms with Crippen molar-refractivity contribution in [2.75, 3.05) is 0 Å². The fourth-order valence-electron chi connectivity index (χ4n) is 2.86. The lowest BCUT2D eigenvalue weighted by molar-refractivity contribution is 0.360. The largest absolute Gasteiger partial charge is 0.0823 e. The van der Waals surface area contributed by atoms with E-state index in [0.717, 1.165) is 15.8 Å². The van der Waals surface area contributed by atoms with Gasteiger partial charge in [0.1, 0.15) is 0 Å². The zero-order valence-corrected chi connectivity index (χ0v) is 9.22. The Bertz CT molecular complexity index is 127. The van der Waals surface area contributed by atoms with Gasteiger partial charge in [-0.3, -0.25) is 0 Å². The third kappa shape index (κ3) is 1.73. The van der Waals surface area contributed by atoms with E-state index in [-0.39, 0.29) is 0 Å². The Labute approximate surface area is 83.3 Å². The molecule has 0 aromatic rings. The van der Waals surface area contributed by atoms with Gasteiger partial charge in [-0.2, -0.15) is 0 Å². The first-order valence-corrected chi connectivity index (χ1v) is 6.26. The molecule has 0 unspecified atom stereocenters. The second-order valence-corrected chi connectivity index (χ2v) is 5.76. The Morgan fingerprint density at radius 1 is 0.818 bits per heavy atom. The van der Waals surface area contributed by atoms with E-state index < -0.39 is 0 Å². The SMILES string of the molecule is I[C@@H]1CCC[C@@H]1C1CCCC1. The van der Waals surface area contributed by atoms with Crippen LogP contribution in [0.2, 0.25) is 0 Å². The standard InChI is InChI=1S/C10H17I/c11-10-7-3-6-9(10)8-4-1-2-5-8/h8-10H,1-7H2/t9-,10-/m1/s1. The molecule has 1 heteroatoms. The highest BCUT2D eigenvalue weighted by atomic mass is 127. The molecule has 0 heterocycles. The Balaban J connectivity index is 1.92. The van der Waals surface area contributed by atoms with Crippen LogP contribution in [0.15, 0.2) is 0 Å². The van der Waals surface area contributed by atoms with Gasteiger partial charge in [0, 0.05) is 3.92 Å². The van der Waals surface area contributed by atoms with Gasteiger partial charge in [-0.15, -0.1) is 0 Å². The van der Waals surface area contributed by atoms with Crippen molar-refractivity contribution < 1.29 is 0 Å². The highest BCUT2D eigenvalue weighted by Gasteiger charge is 2.33. The summed E-state index contributed by atoms with van der Waals surface area (Å²) >= 11 is 2.68. The zero-order valence-electron chi connectivity index (χ0n) is 7.06. The third-order valence-corrected chi connectivity index (χ3v) is 5.03. The third-order valence-electron chi connectivity index (χ3n) is 3.49. The number of hydrogen-bond donors (Lipinski definition) is 0. The highest BCUT2D eigenvalue weighted by Crippen LogP contribution is 2.43. The summed E-state index contributed by atoms with van der Waals surface area (Å²) in [6.45, 7) is 0. The Kier molecular flexibility index (Phi) is 2.75. The van der Waals surface area contributed by atoms with Crippen LogP contribution in [-0.4, -0.2) is 3.92 Å². The van der Waals surface area contributed by atoms with E-state index in [1.807, 2.05) is 0 Å². The summed E-state index contributed by atoms with van der Waals surface area (Å²) in [5, 5.41) is 0. The molecule has 0 nitrogen and oxygen atoms in total. The normalized spacial score (nSPS) is 40.1. The maximum Gasteiger partial charge on any atom is 0.0140 e. The van der Waals surface area contributed by atoms with E-state index >= 15 is 0 Å². The van der Waals surface area contributed by atoms with E-state index in [9.17, 15) is 0 Å². The van der Waals surface area contributed by atoms with E-state index in [1.165, 1.54) is 32.1 Å². The number of rotatable bonds is 1. The van der Waals surface area contributed by atoms with Crippen LogP contribution in [0.1, 0.15) is 44.9 Å². The summed E-state index contributed by atoms with van der Waals surface area (Å²) in [6, 6.07) is 0. The Morgan fingerprint density at radius 3 is 2.09 bits per heavy atom. The molecule has 11 heavy (non-hydrogen) atoms. The molecule has 0 aromatic carbocycles. The lowest BCUT2D eigenvalue weighted by atomic mass is 9.90. The van der Waals surface area contributed by atoms with Crippen LogP contribution in [0, 0.1) is 11.8 Å². The zero-order chi connectivity index (χ0) is 7.68. The smallest absolute Gasteiger partial charge is 0.0140 e. The fourth-order valence-corrected chi connectivity index (χ4v) is 4.25. The summed E-state index contributed by atoms with van der Waals surface area (Å²) in [7, 11) is 0. The molecular weight excluding hydrogens is 247 g/mol. The molecule has 64 valence electrons. The molecule has 0 bridgehead atoms. The minimum Gasteiger partial charge on any atom is -0.0823 e.